The van der Waals surface area contributed by atoms with Crippen molar-refractivity contribution in [2.24, 2.45) is 5.10 Å². The van der Waals surface area contributed by atoms with Crippen molar-refractivity contribution >= 4 is 35.1 Å². The minimum atomic E-state index is -4.46. The number of alkyl halides is 3. The number of hydrazone groups is 1. The highest BCUT2D eigenvalue weighted by atomic mass is 35.5. The van der Waals surface area contributed by atoms with E-state index in [0.29, 0.717) is 15.6 Å². The van der Waals surface area contributed by atoms with Crippen LogP contribution in [-0.4, -0.2) is 6.21 Å². The molecule has 21 heavy (non-hydrogen) atoms. The van der Waals surface area contributed by atoms with Crippen LogP contribution in [0.4, 0.5) is 18.9 Å². The van der Waals surface area contributed by atoms with Crippen LogP contribution in [0.15, 0.2) is 47.6 Å². The molecular weight excluding hydrogens is 324 g/mol. The van der Waals surface area contributed by atoms with Crippen molar-refractivity contribution in [3.63, 3.8) is 0 Å². The quantitative estimate of drug-likeness (QED) is 0.585. The molecule has 7 heteroatoms. The van der Waals surface area contributed by atoms with Crippen molar-refractivity contribution in [1.29, 1.82) is 0 Å². The Hall–Kier alpha value is -1.72. The molecule has 2 aromatic rings. The van der Waals surface area contributed by atoms with Gasteiger partial charge in [0.1, 0.15) is 0 Å². The minimum absolute atomic E-state index is 0.149. The predicted molar refractivity (Wildman–Crippen MR) is 79.1 cm³/mol. The van der Waals surface area contributed by atoms with Gasteiger partial charge in [0.25, 0.3) is 0 Å². The molecule has 0 aliphatic rings. The second kappa shape index (κ2) is 6.37. The molecule has 0 radical (unpaired) electrons. The van der Waals surface area contributed by atoms with Crippen LogP contribution in [0.25, 0.3) is 0 Å². The van der Waals surface area contributed by atoms with Gasteiger partial charge in [-0.2, -0.15) is 18.3 Å². The third-order valence-corrected chi connectivity index (χ3v) is 3.27. The van der Waals surface area contributed by atoms with E-state index in [9.17, 15) is 13.2 Å². The van der Waals surface area contributed by atoms with Crippen LogP contribution in [0.5, 0.6) is 0 Å². The van der Waals surface area contributed by atoms with Crippen LogP contribution < -0.4 is 5.43 Å². The zero-order valence-electron chi connectivity index (χ0n) is 10.5. The maximum atomic E-state index is 12.8. The summed E-state index contributed by atoms with van der Waals surface area (Å²) in [7, 11) is 0. The van der Waals surface area contributed by atoms with E-state index in [-0.39, 0.29) is 5.69 Å². The fourth-order valence-electron chi connectivity index (χ4n) is 1.63. The summed E-state index contributed by atoms with van der Waals surface area (Å²) in [6.07, 6.45) is -3.18. The first-order valence-electron chi connectivity index (χ1n) is 5.79. The molecule has 0 heterocycles. The zero-order valence-corrected chi connectivity index (χ0v) is 12.0. The van der Waals surface area contributed by atoms with Crippen LogP contribution >= 0.6 is 23.2 Å². The van der Waals surface area contributed by atoms with Crippen LogP contribution in [-0.2, 0) is 6.18 Å². The molecule has 0 saturated carbocycles. The van der Waals surface area contributed by atoms with Gasteiger partial charge in [-0.3, -0.25) is 5.43 Å². The predicted octanol–water partition coefficient (Wildman–Crippen LogP) is 5.46. The van der Waals surface area contributed by atoms with E-state index in [1.807, 2.05) is 0 Å². The first kappa shape index (κ1) is 15.7. The van der Waals surface area contributed by atoms with Crippen molar-refractivity contribution in [2.45, 2.75) is 6.18 Å². The topological polar surface area (TPSA) is 24.4 Å². The van der Waals surface area contributed by atoms with Gasteiger partial charge in [-0.1, -0.05) is 41.4 Å². The molecule has 0 atom stereocenters. The van der Waals surface area contributed by atoms with Crippen molar-refractivity contribution in [2.75, 3.05) is 5.43 Å². The molecule has 0 aliphatic carbocycles. The number of hydrogen-bond donors (Lipinski definition) is 1. The Morgan fingerprint density at radius 3 is 2.19 bits per heavy atom. The number of para-hydroxylation sites is 1. The van der Waals surface area contributed by atoms with Gasteiger partial charge in [0.05, 0.1) is 27.5 Å². The van der Waals surface area contributed by atoms with Crippen molar-refractivity contribution in [1.82, 2.24) is 0 Å². The third-order valence-electron chi connectivity index (χ3n) is 2.61. The number of anilines is 1. The number of benzene rings is 2. The second-order valence-electron chi connectivity index (χ2n) is 4.05. The summed E-state index contributed by atoms with van der Waals surface area (Å²) in [5.74, 6) is 0. The fraction of sp³-hybridized carbons (Fsp3) is 0.0714. The molecular formula is C14H9Cl2F3N2. The number of nitrogens with one attached hydrogen (secondary N) is 1. The molecule has 0 unspecified atom stereocenters. The number of hydrogen-bond acceptors (Lipinski definition) is 2. The number of rotatable bonds is 3. The summed E-state index contributed by atoms with van der Waals surface area (Å²) in [4.78, 5) is 0. The summed E-state index contributed by atoms with van der Waals surface area (Å²) < 4.78 is 38.4. The first-order chi connectivity index (χ1) is 9.89. The molecule has 110 valence electrons. The highest BCUT2D eigenvalue weighted by Gasteiger charge is 2.33. The summed E-state index contributed by atoms with van der Waals surface area (Å²) in [6, 6.07) is 9.93. The van der Waals surface area contributed by atoms with Crippen LogP contribution in [0.3, 0.4) is 0 Å². The lowest BCUT2D eigenvalue weighted by atomic mass is 10.2. The summed E-state index contributed by atoms with van der Waals surface area (Å²) in [5, 5.41) is 4.48. The Kier molecular flexibility index (Phi) is 4.75. The summed E-state index contributed by atoms with van der Waals surface area (Å²) in [5.41, 5.74) is 1.84. The molecule has 1 N–H and O–H groups in total. The molecule has 0 amide bonds. The summed E-state index contributed by atoms with van der Waals surface area (Å²) >= 11 is 11.9. The lowest BCUT2D eigenvalue weighted by Crippen LogP contribution is -2.08. The Labute approximate surface area is 129 Å². The average Bonchev–Trinajstić information content (AvgIpc) is 2.41. The molecule has 0 aromatic heterocycles. The highest BCUT2D eigenvalue weighted by Crippen LogP contribution is 2.34. The Bertz CT molecular complexity index is 649. The van der Waals surface area contributed by atoms with Crippen molar-refractivity contribution < 1.29 is 13.2 Å². The Morgan fingerprint density at radius 1 is 0.952 bits per heavy atom. The molecule has 0 fully saturated rings. The molecule has 0 spiro atoms. The fourth-order valence-corrected chi connectivity index (χ4v) is 2.12. The van der Waals surface area contributed by atoms with E-state index in [0.717, 1.165) is 6.07 Å². The highest BCUT2D eigenvalue weighted by molar-refractivity contribution is 6.38. The second-order valence-corrected chi connectivity index (χ2v) is 4.86. The first-order valence-corrected chi connectivity index (χ1v) is 6.54. The van der Waals surface area contributed by atoms with Gasteiger partial charge < -0.3 is 0 Å². The van der Waals surface area contributed by atoms with Crippen LogP contribution in [0.1, 0.15) is 11.1 Å². The lowest BCUT2D eigenvalue weighted by molar-refractivity contribution is -0.136. The van der Waals surface area contributed by atoms with Crippen LogP contribution in [0.2, 0.25) is 10.0 Å². The van der Waals surface area contributed by atoms with Gasteiger partial charge in [0.2, 0.25) is 0 Å². The molecule has 2 aromatic carbocycles. The maximum Gasteiger partial charge on any atom is 0.418 e. The average molecular weight is 333 g/mol. The smallest absolute Gasteiger partial charge is 0.278 e. The van der Waals surface area contributed by atoms with Crippen molar-refractivity contribution in [3.8, 4) is 0 Å². The standard InChI is InChI=1S/C14H9Cl2F3N2/c15-11-5-3-6-12(16)9(11)8-20-21-13-7-2-1-4-10(13)14(17,18)19/h1-8,21H. The van der Waals surface area contributed by atoms with E-state index in [1.54, 1.807) is 18.2 Å². The van der Waals surface area contributed by atoms with Gasteiger partial charge in [-0.25, -0.2) is 0 Å². The monoisotopic (exact) mass is 332 g/mol. The van der Waals surface area contributed by atoms with E-state index in [2.05, 4.69) is 10.5 Å². The Morgan fingerprint density at radius 2 is 1.57 bits per heavy atom. The normalized spacial score (nSPS) is 11.9. The minimum Gasteiger partial charge on any atom is -0.278 e. The molecule has 0 saturated heterocycles. The van der Waals surface area contributed by atoms with Gasteiger partial charge in [-0.15, -0.1) is 0 Å². The molecule has 0 bridgehead atoms. The third kappa shape index (κ3) is 3.89. The molecule has 0 aliphatic heterocycles. The zero-order chi connectivity index (χ0) is 15.5. The van der Waals surface area contributed by atoms with Gasteiger partial charge in [-0.05, 0) is 24.3 Å². The maximum absolute atomic E-state index is 12.8. The molecule has 2 nitrogen and oxygen atoms in total. The van der Waals surface area contributed by atoms with E-state index in [1.165, 1.54) is 24.4 Å². The van der Waals surface area contributed by atoms with Gasteiger partial charge >= 0.3 is 6.18 Å². The van der Waals surface area contributed by atoms with Crippen LogP contribution in [0, 0.1) is 0 Å². The Balaban J connectivity index is 2.23. The van der Waals surface area contributed by atoms with Gasteiger partial charge in [0.15, 0.2) is 0 Å². The summed E-state index contributed by atoms with van der Waals surface area (Å²) in [6.45, 7) is 0. The van der Waals surface area contributed by atoms with Gasteiger partial charge in [0, 0.05) is 5.56 Å². The number of halogens is 5. The van der Waals surface area contributed by atoms with E-state index >= 15 is 0 Å². The lowest BCUT2D eigenvalue weighted by Gasteiger charge is -2.11. The number of nitrogens with zero attached hydrogens (tertiary/aromatic N) is 1. The largest absolute Gasteiger partial charge is 0.418 e. The molecule has 2 rings (SSSR count). The van der Waals surface area contributed by atoms with E-state index in [4.69, 9.17) is 23.2 Å². The SMILES string of the molecule is FC(F)(F)c1ccccc1NN=Cc1c(Cl)cccc1Cl. The van der Waals surface area contributed by atoms with E-state index < -0.39 is 11.7 Å². The van der Waals surface area contributed by atoms with Crippen molar-refractivity contribution in [3.05, 3.63) is 63.6 Å².